The summed E-state index contributed by atoms with van der Waals surface area (Å²) in [5.41, 5.74) is 0.508. The van der Waals surface area contributed by atoms with Crippen LogP contribution in [0.4, 0.5) is 5.69 Å². The zero-order chi connectivity index (χ0) is 9.30. The van der Waals surface area contributed by atoms with Gasteiger partial charge in [-0.05, 0) is 13.0 Å². The van der Waals surface area contributed by atoms with E-state index < -0.39 is 5.23 Å². The van der Waals surface area contributed by atoms with E-state index >= 15 is 0 Å². The Morgan fingerprint density at radius 3 is 2.58 bits per heavy atom. The van der Waals surface area contributed by atoms with Crippen LogP contribution < -0.4 is 5.23 Å². The number of rotatable bonds is 1. The third-order valence-electron chi connectivity index (χ3n) is 1.36. The Morgan fingerprint density at radius 2 is 2.17 bits per heavy atom. The SMILES string of the molecule is Cc1cc(Cl)nc(Cl)c1[NH+]([O-])O. The fourth-order valence-corrected chi connectivity index (χ4v) is 1.46. The third-order valence-corrected chi connectivity index (χ3v) is 1.82. The van der Waals surface area contributed by atoms with Crippen LogP contribution in [0.15, 0.2) is 6.07 Å². The highest BCUT2D eigenvalue weighted by Gasteiger charge is 2.13. The maximum absolute atomic E-state index is 10.6. The zero-order valence-corrected chi connectivity index (χ0v) is 7.65. The van der Waals surface area contributed by atoms with Crippen LogP contribution in [0.1, 0.15) is 5.56 Å². The molecule has 0 spiro atoms. The van der Waals surface area contributed by atoms with Crippen molar-refractivity contribution in [2.45, 2.75) is 6.92 Å². The number of hydrogen-bond donors (Lipinski definition) is 2. The molecule has 0 radical (unpaired) electrons. The molecule has 0 aliphatic heterocycles. The minimum absolute atomic E-state index is 0.000988. The first-order valence-corrected chi connectivity index (χ1v) is 3.84. The molecular formula is C6H6Cl2N2O2. The lowest BCUT2D eigenvalue weighted by atomic mass is 10.2. The quantitative estimate of drug-likeness (QED) is 0.537. The maximum atomic E-state index is 10.6. The molecule has 2 N–H and O–H groups in total. The molecule has 1 atom stereocenters. The first kappa shape index (κ1) is 9.70. The molecule has 4 nitrogen and oxygen atoms in total. The lowest BCUT2D eigenvalue weighted by Gasteiger charge is -2.14. The van der Waals surface area contributed by atoms with E-state index in [2.05, 4.69) is 4.98 Å². The lowest BCUT2D eigenvalue weighted by molar-refractivity contribution is -0.991. The molecule has 12 heavy (non-hydrogen) atoms. The van der Waals surface area contributed by atoms with E-state index in [9.17, 15) is 5.21 Å². The predicted molar refractivity (Wildman–Crippen MR) is 44.8 cm³/mol. The van der Waals surface area contributed by atoms with Gasteiger partial charge in [0.05, 0.1) is 0 Å². The molecule has 66 valence electrons. The second kappa shape index (κ2) is 3.55. The van der Waals surface area contributed by atoms with Crippen LogP contribution in [0.25, 0.3) is 0 Å². The Kier molecular flexibility index (Phi) is 2.87. The van der Waals surface area contributed by atoms with Crippen LogP contribution >= 0.6 is 23.2 Å². The van der Waals surface area contributed by atoms with Gasteiger partial charge in [0.1, 0.15) is 5.15 Å². The van der Waals surface area contributed by atoms with Crippen LogP contribution in [0.5, 0.6) is 0 Å². The van der Waals surface area contributed by atoms with Gasteiger partial charge in [0.2, 0.25) is 5.69 Å². The summed E-state index contributed by atoms with van der Waals surface area (Å²) in [6, 6.07) is 1.46. The second-order valence-electron chi connectivity index (χ2n) is 2.23. The summed E-state index contributed by atoms with van der Waals surface area (Å²) < 4.78 is 0. The molecule has 0 saturated heterocycles. The first-order valence-electron chi connectivity index (χ1n) is 3.08. The highest BCUT2D eigenvalue weighted by molar-refractivity contribution is 6.33. The van der Waals surface area contributed by atoms with Crippen molar-refractivity contribution in [1.82, 2.24) is 4.98 Å². The smallest absolute Gasteiger partial charge is 0.204 e. The number of aryl methyl sites for hydroxylation is 1. The van der Waals surface area contributed by atoms with E-state index in [0.717, 1.165) is 0 Å². The molecule has 0 saturated carbocycles. The molecule has 1 unspecified atom stereocenters. The number of nitrogens with one attached hydrogen (secondary N) is 1. The molecule has 1 heterocycles. The van der Waals surface area contributed by atoms with Crippen LogP contribution in [0, 0.1) is 12.1 Å². The fraction of sp³-hybridized carbons (Fsp3) is 0.167. The van der Waals surface area contributed by atoms with E-state index in [4.69, 9.17) is 28.4 Å². The number of quaternary nitrogens is 1. The average molecular weight is 209 g/mol. The molecule has 6 heteroatoms. The summed E-state index contributed by atoms with van der Waals surface area (Å²) in [6.07, 6.45) is 0. The first-order chi connectivity index (χ1) is 5.52. The van der Waals surface area contributed by atoms with Crippen molar-refractivity contribution in [3.05, 3.63) is 27.1 Å². The van der Waals surface area contributed by atoms with E-state index in [0.29, 0.717) is 5.56 Å². The molecule has 0 aliphatic carbocycles. The number of nitrogens with zero attached hydrogens (tertiary/aromatic N) is 1. The molecule has 0 fully saturated rings. The van der Waals surface area contributed by atoms with Gasteiger partial charge in [-0.3, -0.25) is 0 Å². The third kappa shape index (κ3) is 1.85. The summed E-state index contributed by atoms with van der Waals surface area (Å²) in [5.74, 6) is 0. The van der Waals surface area contributed by atoms with Crippen LogP contribution in [-0.4, -0.2) is 10.2 Å². The monoisotopic (exact) mass is 208 g/mol. The van der Waals surface area contributed by atoms with Gasteiger partial charge >= 0.3 is 0 Å². The maximum Gasteiger partial charge on any atom is 0.204 e. The van der Waals surface area contributed by atoms with Crippen LogP contribution in [0.3, 0.4) is 0 Å². The van der Waals surface area contributed by atoms with Gasteiger partial charge in [0, 0.05) is 5.56 Å². The summed E-state index contributed by atoms with van der Waals surface area (Å²) in [5, 5.41) is 18.3. The van der Waals surface area contributed by atoms with Crippen molar-refractivity contribution in [2.75, 3.05) is 0 Å². The van der Waals surface area contributed by atoms with Gasteiger partial charge in [0.15, 0.2) is 5.15 Å². The molecule has 1 aromatic rings. The van der Waals surface area contributed by atoms with Gasteiger partial charge in [-0.25, -0.2) is 10.2 Å². The van der Waals surface area contributed by atoms with Gasteiger partial charge < -0.3 is 5.21 Å². The van der Waals surface area contributed by atoms with Crippen molar-refractivity contribution in [2.24, 2.45) is 0 Å². The molecule has 0 aromatic carbocycles. The Balaban J connectivity index is 3.28. The molecular weight excluding hydrogens is 203 g/mol. The minimum atomic E-state index is -1.10. The Morgan fingerprint density at radius 1 is 1.58 bits per heavy atom. The van der Waals surface area contributed by atoms with Crippen molar-refractivity contribution < 1.29 is 10.4 Å². The standard InChI is InChI=1S/C6H6Cl2N2O2/c1-3-2-4(7)9-6(8)5(3)10(11)12/h2,10-11H,1H3. The summed E-state index contributed by atoms with van der Waals surface area (Å²) in [7, 11) is 0. The highest BCUT2D eigenvalue weighted by atomic mass is 35.5. The van der Waals surface area contributed by atoms with E-state index in [1.807, 2.05) is 0 Å². The van der Waals surface area contributed by atoms with E-state index in [1.54, 1.807) is 6.92 Å². The van der Waals surface area contributed by atoms with Crippen molar-refractivity contribution in [1.29, 1.82) is 0 Å². The number of aromatic nitrogens is 1. The summed E-state index contributed by atoms with van der Waals surface area (Å²) in [6.45, 7) is 1.61. The van der Waals surface area contributed by atoms with Gasteiger partial charge in [0.25, 0.3) is 0 Å². The van der Waals surface area contributed by atoms with Crippen LogP contribution in [-0.2, 0) is 0 Å². The Bertz CT molecular complexity index is 281. The van der Waals surface area contributed by atoms with E-state index in [-0.39, 0.29) is 16.0 Å². The Labute approximate surface area is 78.9 Å². The van der Waals surface area contributed by atoms with Crippen molar-refractivity contribution >= 4 is 28.9 Å². The van der Waals surface area contributed by atoms with E-state index in [1.165, 1.54) is 6.07 Å². The molecule has 0 bridgehead atoms. The van der Waals surface area contributed by atoms with Gasteiger partial charge in [-0.1, -0.05) is 23.2 Å². The molecule has 0 aliphatic rings. The zero-order valence-electron chi connectivity index (χ0n) is 6.14. The normalized spacial score (nSPS) is 13.1. The fourth-order valence-electron chi connectivity index (χ4n) is 0.852. The van der Waals surface area contributed by atoms with Gasteiger partial charge in [-0.15, -0.1) is 0 Å². The molecule has 0 amide bonds. The largest absolute Gasteiger partial charge is 0.595 e. The summed E-state index contributed by atoms with van der Waals surface area (Å²) in [4.78, 5) is 3.61. The lowest BCUT2D eigenvalue weighted by Crippen LogP contribution is -2.99. The number of halogens is 2. The predicted octanol–water partition coefficient (Wildman–Crippen LogP) is 1.10. The minimum Gasteiger partial charge on any atom is -0.595 e. The summed E-state index contributed by atoms with van der Waals surface area (Å²) >= 11 is 11.1. The second-order valence-corrected chi connectivity index (χ2v) is 2.98. The molecule has 1 aromatic heterocycles. The van der Waals surface area contributed by atoms with Crippen LogP contribution in [0.2, 0.25) is 10.3 Å². The number of hydrogen-bond acceptors (Lipinski definition) is 3. The topological polar surface area (TPSA) is 60.6 Å². The van der Waals surface area contributed by atoms with Crippen molar-refractivity contribution in [3.63, 3.8) is 0 Å². The molecule has 1 rings (SSSR count). The Hall–Kier alpha value is -0.390. The number of pyridine rings is 1. The van der Waals surface area contributed by atoms with Crippen molar-refractivity contribution in [3.8, 4) is 0 Å². The highest BCUT2D eigenvalue weighted by Crippen LogP contribution is 2.22. The average Bonchev–Trinajstić information content (AvgIpc) is 1.82. The van der Waals surface area contributed by atoms with Gasteiger partial charge in [-0.2, -0.15) is 5.23 Å².